The molecule has 0 radical (unpaired) electrons. The summed E-state index contributed by atoms with van der Waals surface area (Å²) in [5, 5.41) is 0. The van der Waals surface area contributed by atoms with Crippen molar-refractivity contribution in [3.8, 4) is 17.3 Å². The highest BCUT2D eigenvalue weighted by atomic mass is 19.1. The maximum absolute atomic E-state index is 13.4. The van der Waals surface area contributed by atoms with E-state index in [0.717, 1.165) is 17.0 Å². The van der Waals surface area contributed by atoms with E-state index in [1.807, 2.05) is 25.1 Å². The second kappa shape index (κ2) is 4.57. The molecule has 0 aliphatic heterocycles. The second-order valence-electron chi connectivity index (χ2n) is 4.86. The average molecular weight is 259 g/mol. The minimum Gasteiger partial charge on any atom is -0.460 e. The lowest BCUT2D eigenvalue weighted by Crippen LogP contribution is -2.14. The van der Waals surface area contributed by atoms with Gasteiger partial charge in [-0.1, -0.05) is 6.07 Å². The molecule has 0 amide bonds. The lowest BCUT2D eigenvalue weighted by atomic mass is 10.2. The molecule has 0 saturated heterocycles. The zero-order valence-corrected chi connectivity index (χ0v) is 10.6. The van der Waals surface area contributed by atoms with Crippen LogP contribution in [0.1, 0.15) is 18.5 Å². The van der Waals surface area contributed by atoms with Gasteiger partial charge in [-0.2, -0.15) is 0 Å². The standard InChI is InChI=1S/C14H14FN3O/c1-10-3-2-4-12(18-10)11-7-16-13(17-8-11)19-9-14(15)5-6-14/h2-4,7-8H,5-6,9H2,1H3. The molecule has 1 saturated carbocycles. The van der Waals surface area contributed by atoms with E-state index in [2.05, 4.69) is 15.0 Å². The van der Waals surface area contributed by atoms with Gasteiger partial charge < -0.3 is 4.74 Å². The fourth-order valence-corrected chi connectivity index (χ4v) is 1.70. The molecule has 5 heteroatoms. The minimum atomic E-state index is -1.15. The van der Waals surface area contributed by atoms with Crippen LogP contribution in [0.5, 0.6) is 6.01 Å². The predicted molar refractivity (Wildman–Crippen MR) is 68.6 cm³/mol. The molecular weight excluding hydrogens is 245 g/mol. The molecule has 0 bridgehead atoms. The van der Waals surface area contributed by atoms with Crippen LogP contribution < -0.4 is 4.74 Å². The summed E-state index contributed by atoms with van der Waals surface area (Å²) in [5.74, 6) is 0. The number of nitrogens with zero attached hydrogens (tertiary/aromatic N) is 3. The first-order chi connectivity index (χ1) is 9.15. The average Bonchev–Trinajstić information content (AvgIpc) is 3.16. The van der Waals surface area contributed by atoms with E-state index in [4.69, 9.17) is 4.74 Å². The van der Waals surface area contributed by atoms with E-state index in [0.29, 0.717) is 12.8 Å². The minimum absolute atomic E-state index is 0.0367. The van der Waals surface area contributed by atoms with Gasteiger partial charge in [0.1, 0.15) is 12.3 Å². The lowest BCUT2D eigenvalue weighted by Gasteiger charge is -2.07. The Morgan fingerprint density at radius 1 is 1.26 bits per heavy atom. The van der Waals surface area contributed by atoms with Crippen LogP contribution in [0.15, 0.2) is 30.6 Å². The Kier molecular flexibility index (Phi) is 2.89. The van der Waals surface area contributed by atoms with Crippen LogP contribution in [0, 0.1) is 6.92 Å². The van der Waals surface area contributed by atoms with Gasteiger partial charge >= 0.3 is 6.01 Å². The van der Waals surface area contributed by atoms with Crippen molar-refractivity contribution in [1.82, 2.24) is 15.0 Å². The van der Waals surface area contributed by atoms with Crippen LogP contribution in [0.3, 0.4) is 0 Å². The number of halogens is 1. The van der Waals surface area contributed by atoms with Crippen molar-refractivity contribution in [2.75, 3.05) is 6.61 Å². The van der Waals surface area contributed by atoms with E-state index in [-0.39, 0.29) is 12.6 Å². The molecule has 0 N–H and O–H groups in total. The van der Waals surface area contributed by atoms with Gasteiger partial charge in [-0.05, 0) is 31.9 Å². The third-order valence-electron chi connectivity index (χ3n) is 3.06. The van der Waals surface area contributed by atoms with Crippen molar-refractivity contribution in [2.24, 2.45) is 0 Å². The highest BCUT2D eigenvalue weighted by Gasteiger charge is 2.44. The number of pyridine rings is 1. The Bertz CT molecular complexity index is 581. The predicted octanol–water partition coefficient (Wildman–Crippen LogP) is 2.73. The molecule has 19 heavy (non-hydrogen) atoms. The van der Waals surface area contributed by atoms with Crippen LogP contribution >= 0.6 is 0 Å². The number of aryl methyl sites for hydroxylation is 1. The topological polar surface area (TPSA) is 47.9 Å². The Hall–Kier alpha value is -2.04. The van der Waals surface area contributed by atoms with Crippen LogP contribution in [0.2, 0.25) is 0 Å². The third kappa shape index (κ3) is 2.86. The Morgan fingerprint density at radius 3 is 2.63 bits per heavy atom. The molecule has 2 heterocycles. The number of rotatable bonds is 4. The molecular formula is C14H14FN3O. The fraction of sp³-hybridized carbons (Fsp3) is 0.357. The number of hydrogen-bond acceptors (Lipinski definition) is 4. The van der Waals surface area contributed by atoms with Crippen molar-refractivity contribution >= 4 is 0 Å². The molecule has 4 nitrogen and oxygen atoms in total. The maximum atomic E-state index is 13.4. The van der Waals surface area contributed by atoms with Gasteiger partial charge in [0.25, 0.3) is 0 Å². The van der Waals surface area contributed by atoms with Gasteiger partial charge in [0.2, 0.25) is 0 Å². The van der Waals surface area contributed by atoms with E-state index in [1.165, 1.54) is 0 Å². The first-order valence-electron chi connectivity index (χ1n) is 6.22. The van der Waals surface area contributed by atoms with Crippen molar-refractivity contribution < 1.29 is 9.13 Å². The number of alkyl halides is 1. The van der Waals surface area contributed by atoms with E-state index in [9.17, 15) is 4.39 Å². The molecule has 0 aromatic carbocycles. The van der Waals surface area contributed by atoms with Gasteiger partial charge in [-0.3, -0.25) is 4.98 Å². The SMILES string of the molecule is Cc1cccc(-c2cnc(OCC3(F)CC3)nc2)n1. The molecule has 0 atom stereocenters. The highest BCUT2D eigenvalue weighted by molar-refractivity contribution is 5.56. The van der Waals surface area contributed by atoms with Crippen LogP contribution in [-0.4, -0.2) is 27.2 Å². The number of ether oxygens (including phenoxy) is 1. The van der Waals surface area contributed by atoms with Gasteiger partial charge in [0, 0.05) is 23.7 Å². The summed E-state index contributed by atoms with van der Waals surface area (Å²) in [4.78, 5) is 12.5. The molecule has 98 valence electrons. The van der Waals surface area contributed by atoms with Crippen LogP contribution in [0.25, 0.3) is 11.3 Å². The lowest BCUT2D eigenvalue weighted by molar-refractivity contribution is 0.167. The van der Waals surface area contributed by atoms with Gasteiger partial charge in [0.15, 0.2) is 0 Å². The maximum Gasteiger partial charge on any atom is 0.316 e. The highest BCUT2D eigenvalue weighted by Crippen LogP contribution is 2.39. The van der Waals surface area contributed by atoms with Crippen molar-refractivity contribution in [3.05, 3.63) is 36.3 Å². The molecule has 1 aliphatic carbocycles. The molecule has 0 spiro atoms. The Labute approximate surface area is 110 Å². The van der Waals surface area contributed by atoms with Crippen molar-refractivity contribution in [1.29, 1.82) is 0 Å². The Balaban J connectivity index is 1.71. The van der Waals surface area contributed by atoms with Crippen molar-refractivity contribution in [2.45, 2.75) is 25.4 Å². The zero-order valence-electron chi connectivity index (χ0n) is 10.6. The Morgan fingerprint density at radius 2 is 2.00 bits per heavy atom. The van der Waals surface area contributed by atoms with E-state index >= 15 is 0 Å². The summed E-state index contributed by atoms with van der Waals surface area (Å²) >= 11 is 0. The summed E-state index contributed by atoms with van der Waals surface area (Å²) < 4.78 is 18.6. The molecule has 2 aromatic heterocycles. The second-order valence-corrected chi connectivity index (χ2v) is 4.86. The number of hydrogen-bond donors (Lipinski definition) is 0. The largest absolute Gasteiger partial charge is 0.460 e. The first kappa shape index (κ1) is 12.0. The fourth-order valence-electron chi connectivity index (χ4n) is 1.70. The quantitative estimate of drug-likeness (QED) is 0.847. The molecule has 2 aromatic rings. The van der Waals surface area contributed by atoms with E-state index in [1.54, 1.807) is 12.4 Å². The van der Waals surface area contributed by atoms with Crippen molar-refractivity contribution in [3.63, 3.8) is 0 Å². The summed E-state index contributed by atoms with van der Waals surface area (Å²) in [6.07, 6.45) is 4.42. The van der Waals surface area contributed by atoms with Gasteiger partial charge in [0.05, 0.1) is 5.69 Å². The van der Waals surface area contributed by atoms with Crippen LogP contribution in [0.4, 0.5) is 4.39 Å². The zero-order chi connectivity index (χ0) is 13.3. The van der Waals surface area contributed by atoms with Gasteiger partial charge in [-0.25, -0.2) is 14.4 Å². The summed E-state index contributed by atoms with van der Waals surface area (Å²) in [6, 6.07) is 5.97. The molecule has 3 rings (SSSR count). The summed E-state index contributed by atoms with van der Waals surface area (Å²) in [7, 11) is 0. The van der Waals surface area contributed by atoms with E-state index < -0.39 is 5.67 Å². The molecule has 1 aliphatic rings. The normalized spacial score (nSPS) is 16.1. The monoisotopic (exact) mass is 259 g/mol. The number of aromatic nitrogens is 3. The summed E-state index contributed by atoms with van der Waals surface area (Å²) in [5.41, 5.74) is 1.42. The van der Waals surface area contributed by atoms with Gasteiger partial charge in [-0.15, -0.1) is 0 Å². The molecule has 1 fully saturated rings. The molecule has 0 unspecified atom stereocenters. The van der Waals surface area contributed by atoms with Crippen LogP contribution in [-0.2, 0) is 0 Å². The first-order valence-corrected chi connectivity index (χ1v) is 6.22. The third-order valence-corrected chi connectivity index (χ3v) is 3.06. The smallest absolute Gasteiger partial charge is 0.316 e. The summed E-state index contributed by atoms with van der Waals surface area (Å²) in [6.45, 7) is 1.97.